The van der Waals surface area contributed by atoms with Crippen molar-refractivity contribution in [1.29, 1.82) is 0 Å². The Balaban J connectivity index is 4.18. The minimum absolute atomic E-state index is 0.0874. The summed E-state index contributed by atoms with van der Waals surface area (Å²) in [5.41, 5.74) is 0. The molecule has 0 spiro atoms. The van der Waals surface area contributed by atoms with Gasteiger partial charge in [0, 0.05) is 42.3 Å². The normalized spacial score (nSPS) is 27.0. The zero-order chi connectivity index (χ0) is 62.8. The summed E-state index contributed by atoms with van der Waals surface area (Å²) < 4.78 is 0. The number of rotatable bonds is 14. The highest BCUT2D eigenvalue weighted by molar-refractivity contribution is 5.99. The molecular formula is C58H105N11O12. The molecule has 81 heavy (non-hydrogen) atoms. The van der Waals surface area contributed by atoms with Crippen LogP contribution in [0.3, 0.4) is 0 Å². The molecule has 0 radical (unpaired) electrons. The van der Waals surface area contributed by atoms with Crippen LogP contribution in [0.2, 0.25) is 0 Å². The van der Waals surface area contributed by atoms with Crippen molar-refractivity contribution in [3.8, 4) is 0 Å². The first-order valence-corrected chi connectivity index (χ1v) is 29.1. The summed E-state index contributed by atoms with van der Waals surface area (Å²) in [6.45, 7) is 27.4. The Morgan fingerprint density at radius 3 is 1.26 bits per heavy atom. The average molecular weight is 1150 g/mol. The Morgan fingerprint density at radius 2 is 0.815 bits per heavy atom. The number of carbonyl (C=O) groups excluding carboxylic acids is 11. The predicted molar refractivity (Wildman–Crippen MR) is 310 cm³/mol. The van der Waals surface area contributed by atoms with E-state index >= 15 is 0 Å². The SMILES string of the molecule is CCC[C@@H]1NC(=O)[C@H]([C@@H](C)O)N(C)C(=O)[C@H](CC(C)C)NC(=O)[C@H](CC(C)C)N(C)C(=O)[C@H](CC(C)C)N(C)C(=O)[C@@H](C)NC(=O)[C@H](C)NC(=O)[C@H](CC(C)C)N(C)C(=O)[C@H](C(C)C)NC(=O)[C@H](CC(C)C)N(C)C(=O)CN(C)C1=O. The van der Waals surface area contributed by atoms with Gasteiger partial charge in [-0.1, -0.05) is 96.4 Å². The molecular weight excluding hydrogens is 1040 g/mol. The number of carbonyl (C=O) groups is 11. The number of aliphatic hydroxyl groups excluding tert-OH is 1. The molecule has 11 amide bonds. The van der Waals surface area contributed by atoms with E-state index in [1.54, 1.807) is 20.8 Å². The number of hydrogen-bond acceptors (Lipinski definition) is 12. The van der Waals surface area contributed by atoms with Crippen molar-refractivity contribution in [2.45, 2.75) is 222 Å². The Hall–Kier alpha value is -5.87. The fourth-order valence-electron chi connectivity index (χ4n) is 9.99. The lowest BCUT2D eigenvalue weighted by Crippen LogP contribution is -2.62. The first-order valence-electron chi connectivity index (χ1n) is 29.1. The molecule has 23 nitrogen and oxygen atoms in total. The monoisotopic (exact) mass is 1150 g/mol. The first-order chi connectivity index (χ1) is 37.3. The Morgan fingerprint density at radius 1 is 0.420 bits per heavy atom. The second kappa shape index (κ2) is 33.3. The van der Waals surface area contributed by atoms with Crippen LogP contribution in [0.4, 0.5) is 0 Å². The van der Waals surface area contributed by atoms with Gasteiger partial charge in [-0.05, 0) is 94.8 Å². The van der Waals surface area contributed by atoms with Crippen LogP contribution in [0.5, 0.6) is 0 Å². The molecule has 0 aromatic rings. The van der Waals surface area contributed by atoms with Gasteiger partial charge >= 0.3 is 0 Å². The molecule has 1 fully saturated rings. The maximum absolute atomic E-state index is 14.8. The molecule has 1 aliphatic rings. The maximum atomic E-state index is 14.8. The maximum Gasteiger partial charge on any atom is 0.246 e. The Bertz CT molecular complexity index is 2170. The van der Waals surface area contributed by atoms with Gasteiger partial charge < -0.3 is 61.1 Å². The summed E-state index contributed by atoms with van der Waals surface area (Å²) in [4.78, 5) is 165. The molecule has 0 unspecified atom stereocenters. The van der Waals surface area contributed by atoms with E-state index in [4.69, 9.17) is 0 Å². The molecule has 0 aromatic carbocycles. The fraction of sp³-hybridized carbons (Fsp3) is 0.810. The molecule has 23 heteroatoms. The van der Waals surface area contributed by atoms with Crippen molar-refractivity contribution in [2.75, 3.05) is 48.8 Å². The molecule has 1 heterocycles. The Labute approximate surface area is 483 Å². The summed E-state index contributed by atoms with van der Waals surface area (Å²) in [6.07, 6.45) is -0.271. The van der Waals surface area contributed by atoms with E-state index in [0.29, 0.717) is 6.42 Å². The third kappa shape index (κ3) is 21.8. The van der Waals surface area contributed by atoms with Gasteiger partial charge in [-0.2, -0.15) is 0 Å². The summed E-state index contributed by atoms with van der Waals surface area (Å²) in [5.74, 6) is -8.73. The van der Waals surface area contributed by atoms with E-state index in [1.807, 2.05) is 69.2 Å². The average Bonchev–Trinajstić information content (AvgIpc) is 3.36. The molecule has 1 aliphatic heterocycles. The number of amides is 11. The van der Waals surface area contributed by atoms with Gasteiger partial charge in [0.2, 0.25) is 65.0 Å². The summed E-state index contributed by atoms with van der Waals surface area (Å²) in [7, 11) is 8.40. The minimum Gasteiger partial charge on any atom is -0.391 e. The standard InChI is InChI=1S/C58H105N11O12/c1-23-24-40-55(78)64(17)30-46(71)65(18)42(26-32(4)5)52(75)63-47(36(12)13)58(81)67(20)43(27-33(6)7)50(73)59-37(14)49(72)60-38(15)54(77)68(21)45(29-35(10)11)57(80)66(19)44(28-34(8)9)51(74)62-41(25-31(2)3)56(79)69(22)48(39(16)70)53(76)61-40/h31-45,47-48,70H,23-30H2,1-22H3,(H,59,73)(H,60,72)(H,61,76)(H,62,74)(H,63,75)/t37-,38+,39+,40-,41-,42-,43-,44-,45-,47-,48-/m0/s1. The number of aliphatic hydroxyl groups is 1. The van der Waals surface area contributed by atoms with Gasteiger partial charge in [-0.3, -0.25) is 52.7 Å². The van der Waals surface area contributed by atoms with Gasteiger partial charge in [0.1, 0.15) is 60.4 Å². The van der Waals surface area contributed by atoms with Gasteiger partial charge in [-0.25, -0.2) is 0 Å². The summed E-state index contributed by atoms with van der Waals surface area (Å²) >= 11 is 0. The first kappa shape index (κ1) is 73.1. The summed E-state index contributed by atoms with van der Waals surface area (Å²) in [6, 6.07) is -12.2. The van der Waals surface area contributed by atoms with Crippen LogP contribution in [0.1, 0.15) is 156 Å². The van der Waals surface area contributed by atoms with E-state index in [-0.39, 0.29) is 68.1 Å². The highest BCUT2D eigenvalue weighted by atomic mass is 16.3. The highest BCUT2D eigenvalue weighted by Crippen LogP contribution is 2.22. The topological polar surface area (TPSA) is 288 Å². The highest BCUT2D eigenvalue weighted by Gasteiger charge is 2.42. The minimum atomic E-state index is -1.57. The van der Waals surface area contributed by atoms with Gasteiger partial charge in [0.15, 0.2) is 0 Å². The van der Waals surface area contributed by atoms with Crippen LogP contribution in [-0.2, 0) is 52.7 Å². The molecule has 0 saturated carbocycles. The van der Waals surface area contributed by atoms with Crippen molar-refractivity contribution in [2.24, 2.45) is 35.5 Å². The van der Waals surface area contributed by atoms with Gasteiger partial charge in [0.25, 0.3) is 0 Å². The van der Waals surface area contributed by atoms with Crippen LogP contribution in [-0.4, -0.2) is 215 Å². The lowest BCUT2D eigenvalue weighted by Gasteiger charge is -2.37. The quantitative estimate of drug-likeness (QED) is 0.146. The molecule has 1 saturated heterocycles. The summed E-state index contributed by atoms with van der Waals surface area (Å²) in [5, 5.41) is 24.9. The molecule has 464 valence electrons. The van der Waals surface area contributed by atoms with Crippen LogP contribution in [0.25, 0.3) is 0 Å². The largest absolute Gasteiger partial charge is 0.391 e. The van der Waals surface area contributed by atoms with E-state index in [0.717, 1.165) is 9.80 Å². The predicted octanol–water partition coefficient (Wildman–Crippen LogP) is 2.12. The molecule has 0 bridgehead atoms. The molecule has 11 atom stereocenters. The van der Waals surface area contributed by atoms with Crippen molar-refractivity contribution in [1.82, 2.24) is 56.0 Å². The fourth-order valence-corrected chi connectivity index (χ4v) is 9.99. The van der Waals surface area contributed by atoms with Crippen molar-refractivity contribution < 1.29 is 57.8 Å². The smallest absolute Gasteiger partial charge is 0.246 e. The second-order valence-electron chi connectivity index (χ2n) is 25.0. The lowest BCUT2D eigenvalue weighted by atomic mass is 9.96. The van der Waals surface area contributed by atoms with Crippen LogP contribution < -0.4 is 26.6 Å². The van der Waals surface area contributed by atoms with Crippen LogP contribution >= 0.6 is 0 Å². The number of hydrogen-bond donors (Lipinski definition) is 6. The Kier molecular flexibility index (Phi) is 30.1. The second-order valence-corrected chi connectivity index (χ2v) is 25.0. The van der Waals surface area contributed by atoms with E-state index in [1.165, 1.54) is 82.7 Å². The zero-order valence-electron chi connectivity index (χ0n) is 53.1. The van der Waals surface area contributed by atoms with Crippen molar-refractivity contribution in [3.63, 3.8) is 0 Å². The van der Waals surface area contributed by atoms with Crippen molar-refractivity contribution >= 4 is 65.0 Å². The van der Waals surface area contributed by atoms with Crippen LogP contribution in [0.15, 0.2) is 0 Å². The van der Waals surface area contributed by atoms with Crippen molar-refractivity contribution in [3.05, 3.63) is 0 Å². The van der Waals surface area contributed by atoms with E-state index in [2.05, 4.69) is 26.6 Å². The van der Waals surface area contributed by atoms with Gasteiger partial charge in [0.05, 0.1) is 12.6 Å². The van der Waals surface area contributed by atoms with E-state index < -0.39 is 144 Å². The third-order valence-electron chi connectivity index (χ3n) is 14.7. The van der Waals surface area contributed by atoms with Crippen LogP contribution in [0, 0.1) is 35.5 Å². The van der Waals surface area contributed by atoms with Gasteiger partial charge in [-0.15, -0.1) is 0 Å². The molecule has 0 aromatic heterocycles. The molecule has 6 N–H and O–H groups in total. The molecule has 0 aliphatic carbocycles. The number of nitrogens with one attached hydrogen (secondary N) is 5. The number of likely N-dealkylation sites (N-methyl/N-ethyl adjacent to an activating group) is 6. The molecule has 1 rings (SSSR count). The number of nitrogens with zero attached hydrogens (tertiary/aromatic N) is 6. The third-order valence-corrected chi connectivity index (χ3v) is 14.7. The van der Waals surface area contributed by atoms with E-state index in [9.17, 15) is 57.8 Å². The zero-order valence-corrected chi connectivity index (χ0v) is 53.1. The lowest BCUT2D eigenvalue weighted by molar-refractivity contribution is -0.150.